The molecule has 1 unspecified atom stereocenters. The summed E-state index contributed by atoms with van der Waals surface area (Å²) in [4.78, 5) is 0. The fourth-order valence-corrected chi connectivity index (χ4v) is 2.76. The van der Waals surface area contributed by atoms with Crippen LogP contribution >= 0.6 is 21.5 Å². The molecule has 98 valence electrons. The van der Waals surface area contributed by atoms with E-state index >= 15 is 0 Å². The second-order valence-electron chi connectivity index (χ2n) is 4.21. The van der Waals surface area contributed by atoms with E-state index in [0.717, 1.165) is 11.1 Å². The van der Waals surface area contributed by atoms with Crippen LogP contribution < -0.4 is 11.6 Å². The number of nitrogens with zero attached hydrogens (tertiary/aromatic N) is 1. The number of hydrazine groups is 1. The molecule has 0 saturated carbocycles. The molecule has 2 aromatic carbocycles. The molecule has 0 spiro atoms. The molecule has 3 nitrogen and oxygen atoms in total. The van der Waals surface area contributed by atoms with E-state index in [1.54, 1.807) is 0 Å². The molecule has 0 aromatic heterocycles. The Kier molecular flexibility index (Phi) is 4.15. The Morgan fingerprint density at radius 2 is 1.32 bits per heavy atom. The molecule has 4 N–H and O–H groups in total. The first-order chi connectivity index (χ1) is 9.06. The van der Waals surface area contributed by atoms with E-state index in [9.17, 15) is 0 Å². The molecular weight excluding hydrogens is 273 g/mol. The van der Waals surface area contributed by atoms with Crippen LogP contribution in [0.4, 0.5) is 0 Å². The van der Waals surface area contributed by atoms with Gasteiger partial charge in [-0.2, -0.15) is 0 Å². The van der Waals surface area contributed by atoms with Crippen molar-refractivity contribution in [1.29, 1.82) is 0 Å². The van der Waals surface area contributed by atoms with Crippen LogP contribution in [0, 0.1) is 0 Å². The maximum atomic E-state index is 6.11. The second kappa shape index (κ2) is 5.66. The third kappa shape index (κ3) is 2.61. The van der Waals surface area contributed by atoms with Gasteiger partial charge in [0.1, 0.15) is 5.28 Å². The number of benzene rings is 2. The van der Waals surface area contributed by atoms with E-state index < -0.39 is 5.28 Å². The number of hydrogen-bond acceptors (Lipinski definition) is 2. The van der Waals surface area contributed by atoms with Crippen LogP contribution in [-0.4, -0.2) is 10.1 Å². The van der Waals surface area contributed by atoms with Gasteiger partial charge in [0.2, 0.25) is 0 Å². The average Bonchev–Trinajstić information content (AvgIpc) is 2.47. The SMILES string of the molecule is NC(=S)N(N)C(P)(c1ccccc1)c1ccccc1. The van der Waals surface area contributed by atoms with Crippen LogP contribution in [0.25, 0.3) is 0 Å². The monoisotopic (exact) mass is 289 g/mol. The van der Waals surface area contributed by atoms with Crippen molar-refractivity contribution in [2.45, 2.75) is 5.28 Å². The van der Waals surface area contributed by atoms with Gasteiger partial charge in [-0.3, -0.25) is 5.01 Å². The highest BCUT2D eigenvalue weighted by molar-refractivity contribution is 7.80. The molecule has 5 heteroatoms. The quantitative estimate of drug-likeness (QED) is 0.393. The minimum Gasteiger partial charge on any atom is -0.375 e. The average molecular weight is 289 g/mol. The predicted octanol–water partition coefficient (Wildman–Crippen LogP) is 2.18. The minimum atomic E-state index is -0.672. The van der Waals surface area contributed by atoms with Gasteiger partial charge in [-0.1, -0.05) is 69.9 Å². The van der Waals surface area contributed by atoms with E-state index in [4.69, 9.17) is 23.8 Å². The van der Waals surface area contributed by atoms with Crippen molar-refractivity contribution in [2.24, 2.45) is 11.6 Å². The van der Waals surface area contributed by atoms with Gasteiger partial charge in [0.05, 0.1) is 0 Å². The fourth-order valence-electron chi connectivity index (χ4n) is 2.00. The van der Waals surface area contributed by atoms with Crippen LogP contribution in [0.5, 0.6) is 0 Å². The highest BCUT2D eigenvalue weighted by Gasteiger charge is 2.35. The van der Waals surface area contributed by atoms with Gasteiger partial charge in [0, 0.05) is 0 Å². The smallest absolute Gasteiger partial charge is 0.182 e. The Labute approximate surface area is 120 Å². The molecule has 0 aliphatic carbocycles. The summed E-state index contributed by atoms with van der Waals surface area (Å²) in [5.74, 6) is 6.11. The summed E-state index contributed by atoms with van der Waals surface area (Å²) >= 11 is 5.03. The molecule has 2 aromatic rings. The highest BCUT2D eigenvalue weighted by atomic mass is 32.1. The standard InChI is InChI=1S/C14H16N3PS/c15-13(19)17(16)14(18,11-7-3-1-4-8-11)12-9-5-2-6-10-12/h1-10H,16,18H2,(H2,15,19). The van der Waals surface area contributed by atoms with Gasteiger partial charge in [-0.05, 0) is 23.3 Å². The largest absolute Gasteiger partial charge is 0.375 e. The van der Waals surface area contributed by atoms with E-state index in [-0.39, 0.29) is 5.11 Å². The molecule has 0 fully saturated rings. The highest BCUT2D eigenvalue weighted by Crippen LogP contribution is 2.40. The van der Waals surface area contributed by atoms with Crippen molar-refractivity contribution >= 4 is 26.6 Å². The van der Waals surface area contributed by atoms with Crippen molar-refractivity contribution in [1.82, 2.24) is 5.01 Å². The third-order valence-corrected chi connectivity index (χ3v) is 4.19. The van der Waals surface area contributed by atoms with Gasteiger partial charge >= 0.3 is 0 Å². The van der Waals surface area contributed by atoms with Crippen molar-refractivity contribution in [3.63, 3.8) is 0 Å². The summed E-state index contributed by atoms with van der Waals surface area (Å²) in [6, 6.07) is 19.8. The normalized spacial score (nSPS) is 11.1. The second-order valence-corrected chi connectivity index (χ2v) is 5.46. The van der Waals surface area contributed by atoms with Crippen molar-refractivity contribution < 1.29 is 0 Å². The number of rotatable bonds is 3. The number of thiocarbonyl (C=S) groups is 1. The van der Waals surface area contributed by atoms with Crippen molar-refractivity contribution in [3.05, 3.63) is 71.8 Å². The maximum Gasteiger partial charge on any atom is 0.182 e. The topological polar surface area (TPSA) is 55.3 Å². The maximum absolute atomic E-state index is 6.11. The van der Waals surface area contributed by atoms with E-state index in [0.29, 0.717) is 0 Å². The first-order valence-electron chi connectivity index (χ1n) is 5.81. The zero-order valence-electron chi connectivity index (χ0n) is 10.4. The summed E-state index contributed by atoms with van der Waals surface area (Å²) in [5, 5.41) is 0.870. The van der Waals surface area contributed by atoms with E-state index in [1.165, 1.54) is 5.01 Å². The molecule has 2 rings (SSSR count). The molecule has 19 heavy (non-hydrogen) atoms. The number of hydrogen-bond donors (Lipinski definition) is 2. The first-order valence-corrected chi connectivity index (χ1v) is 6.79. The van der Waals surface area contributed by atoms with Crippen LogP contribution in [0.15, 0.2) is 60.7 Å². The van der Waals surface area contributed by atoms with Crippen LogP contribution in [0.2, 0.25) is 0 Å². The van der Waals surface area contributed by atoms with E-state index in [2.05, 4.69) is 9.24 Å². The molecule has 0 amide bonds. The van der Waals surface area contributed by atoms with Crippen molar-refractivity contribution in [3.8, 4) is 0 Å². The van der Waals surface area contributed by atoms with Gasteiger partial charge in [0.25, 0.3) is 0 Å². The van der Waals surface area contributed by atoms with Gasteiger partial charge in [-0.25, -0.2) is 5.84 Å². The summed E-state index contributed by atoms with van der Waals surface area (Å²) in [6.07, 6.45) is 0. The van der Waals surface area contributed by atoms with Gasteiger partial charge in [0.15, 0.2) is 5.11 Å². The molecule has 1 atom stereocenters. The Hall–Kier alpha value is -1.48. The predicted molar refractivity (Wildman–Crippen MR) is 86.2 cm³/mol. The first kappa shape index (κ1) is 13.9. The van der Waals surface area contributed by atoms with Gasteiger partial charge in [-0.15, -0.1) is 0 Å². The zero-order valence-corrected chi connectivity index (χ0v) is 12.3. The third-order valence-electron chi connectivity index (χ3n) is 3.05. The summed E-state index contributed by atoms with van der Waals surface area (Å²) in [5.41, 5.74) is 7.72. The van der Waals surface area contributed by atoms with E-state index in [1.807, 2.05) is 60.7 Å². The Bertz CT molecular complexity index is 520. The summed E-state index contributed by atoms with van der Waals surface area (Å²) in [6.45, 7) is 0. The molecule has 0 saturated heterocycles. The van der Waals surface area contributed by atoms with Crippen molar-refractivity contribution in [2.75, 3.05) is 0 Å². The number of nitrogens with two attached hydrogens (primary N) is 2. The molecule has 0 bridgehead atoms. The Morgan fingerprint density at radius 1 is 0.947 bits per heavy atom. The van der Waals surface area contributed by atoms with Crippen LogP contribution in [-0.2, 0) is 5.28 Å². The molecular formula is C14H16N3PS. The lowest BCUT2D eigenvalue weighted by atomic mass is 9.97. The molecule has 0 radical (unpaired) electrons. The van der Waals surface area contributed by atoms with Gasteiger partial charge < -0.3 is 5.73 Å². The van der Waals surface area contributed by atoms with Crippen LogP contribution in [0.1, 0.15) is 11.1 Å². The molecule has 0 heterocycles. The Morgan fingerprint density at radius 3 is 1.63 bits per heavy atom. The fraction of sp³-hybridized carbons (Fsp3) is 0.0714. The summed E-state index contributed by atoms with van der Waals surface area (Å²) in [7, 11) is 2.76. The minimum absolute atomic E-state index is 0.141. The zero-order chi connectivity index (χ0) is 13.9. The molecule has 0 aliphatic heterocycles. The molecule has 0 aliphatic rings. The summed E-state index contributed by atoms with van der Waals surface area (Å²) < 4.78 is 0. The Balaban J connectivity index is 2.61. The lowest BCUT2D eigenvalue weighted by Crippen LogP contribution is -2.53. The lowest BCUT2D eigenvalue weighted by molar-refractivity contribution is 0.335. The van der Waals surface area contributed by atoms with Crippen LogP contribution in [0.3, 0.4) is 0 Å². The lowest BCUT2D eigenvalue weighted by Gasteiger charge is -2.39.